The van der Waals surface area contributed by atoms with Gasteiger partial charge in [-0.2, -0.15) is 0 Å². The minimum absolute atomic E-state index is 0.0148. The lowest BCUT2D eigenvalue weighted by Gasteiger charge is -2.20. The van der Waals surface area contributed by atoms with Crippen LogP contribution in [0.15, 0.2) is 78.9 Å². The molecule has 0 aliphatic carbocycles. The number of anilines is 1. The van der Waals surface area contributed by atoms with Gasteiger partial charge in [0.15, 0.2) is 11.6 Å². The summed E-state index contributed by atoms with van der Waals surface area (Å²) in [7, 11) is 2.05. The third-order valence-corrected chi connectivity index (χ3v) is 6.61. The maximum Gasteiger partial charge on any atom is 0.279 e. The standard InChI is InChI=1S/C25H25N3OS/c1-18(25-27-22-14-8-9-15-23(22)30-25)28(2)17-24(29)26-21-13-7-6-12-20(21)16-19-10-4-3-5-11-19/h3-15,18H,16-17H2,1-2H3,(H,26,29)/p+1/t18-/m1/s1. The number of amides is 1. The van der Waals surface area contributed by atoms with Gasteiger partial charge in [-0.1, -0.05) is 60.7 Å². The summed E-state index contributed by atoms with van der Waals surface area (Å²) in [6, 6.07) is 26.6. The Morgan fingerprint density at radius 2 is 1.70 bits per heavy atom. The average Bonchev–Trinajstić information content (AvgIpc) is 3.19. The molecular formula is C25H26N3OS+. The van der Waals surface area contributed by atoms with Gasteiger partial charge in [0.05, 0.1) is 17.3 Å². The summed E-state index contributed by atoms with van der Waals surface area (Å²) in [5, 5.41) is 4.18. The van der Waals surface area contributed by atoms with E-state index in [4.69, 9.17) is 4.98 Å². The number of hydrogen-bond acceptors (Lipinski definition) is 3. The van der Waals surface area contributed by atoms with E-state index in [1.165, 1.54) is 10.3 Å². The van der Waals surface area contributed by atoms with Crippen molar-refractivity contribution in [1.29, 1.82) is 0 Å². The number of carbonyl (C=O) groups is 1. The van der Waals surface area contributed by atoms with Crippen LogP contribution in [0, 0.1) is 0 Å². The first-order valence-electron chi connectivity index (χ1n) is 10.2. The topological polar surface area (TPSA) is 46.4 Å². The maximum atomic E-state index is 12.8. The molecule has 0 fully saturated rings. The Kier molecular flexibility index (Phi) is 6.21. The quantitative estimate of drug-likeness (QED) is 0.476. The predicted molar refractivity (Wildman–Crippen MR) is 124 cm³/mol. The Morgan fingerprint density at radius 1 is 1.00 bits per heavy atom. The fourth-order valence-electron chi connectivity index (χ4n) is 3.50. The van der Waals surface area contributed by atoms with Gasteiger partial charge in [0.25, 0.3) is 5.91 Å². The Balaban J connectivity index is 1.42. The van der Waals surface area contributed by atoms with Crippen molar-refractivity contribution in [3.8, 4) is 0 Å². The highest BCUT2D eigenvalue weighted by atomic mass is 32.1. The SMILES string of the molecule is C[C@H](c1nc2ccccc2s1)[NH+](C)CC(=O)Nc1ccccc1Cc1ccccc1. The Hall–Kier alpha value is -3.02. The van der Waals surface area contributed by atoms with Crippen LogP contribution in [0.3, 0.4) is 0 Å². The fourth-order valence-corrected chi connectivity index (χ4v) is 4.61. The van der Waals surface area contributed by atoms with Crippen LogP contribution in [0.25, 0.3) is 10.2 Å². The minimum atomic E-state index is 0.0148. The summed E-state index contributed by atoms with van der Waals surface area (Å²) in [5.41, 5.74) is 4.25. The van der Waals surface area contributed by atoms with Crippen molar-refractivity contribution < 1.29 is 9.69 Å². The van der Waals surface area contributed by atoms with Crippen LogP contribution in [0.1, 0.15) is 29.1 Å². The van der Waals surface area contributed by atoms with Gasteiger partial charge < -0.3 is 10.2 Å². The van der Waals surface area contributed by atoms with E-state index in [0.717, 1.165) is 33.1 Å². The zero-order chi connectivity index (χ0) is 20.9. The number of nitrogens with zero attached hydrogens (tertiary/aromatic N) is 1. The number of carbonyl (C=O) groups excluding carboxylic acids is 1. The largest absolute Gasteiger partial charge is 0.322 e. The molecule has 0 bridgehead atoms. The second-order valence-corrected chi connectivity index (χ2v) is 8.69. The van der Waals surface area contributed by atoms with Gasteiger partial charge in [0.1, 0.15) is 6.04 Å². The number of likely N-dealkylation sites (N-methyl/N-ethyl adjacent to an activating group) is 1. The lowest BCUT2D eigenvalue weighted by Crippen LogP contribution is -3.10. The number of nitrogens with one attached hydrogen (secondary N) is 2. The molecule has 4 aromatic rings. The van der Waals surface area contributed by atoms with Crippen molar-refractivity contribution >= 4 is 33.1 Å². The minimum Gasteiger partial charge on any atom is -0.322 e. The normalized spacial score (nSPS) is 13.1. The highest BCUT2D eigenvalue weighted by Crippen LogP contribution is 2.24. The third-order valence-electron chi connectivity index (χ3n) is 5.39. The number of para-hydroxylation sites is 2. The first-order chi connectivity index (χ1) is 14.6. The number of hydrogen-bond donors (Lipinski definition) is 2. The maximum absolute atomic E-state index is 12.8. The highest BCUT2D eigenvalue weighted by Gasteiger charge is 2.22. The molecule has 0 aliphatic heterocycles. The van der Waals surface area contributed by atoms with Crippen LogP contribution in [-0.2, 0) is 11.2 Å². The molecule has 1 heterocycles. The lowest BCUT2D eigenvalue weighted by molar-refractivity contribution is -0.902. The van der Waals surface area contributed by atoms with E-state index in [1.807, 2.05) is 61.6 Å². The Morgan fingerprint density at radius 3 is 2.50 bits per heavy atom. The van der Waals surface area contributed by atoms with Crippen molar-refractivity contribution in [2.75, 3.05) is 18.9 Å². The number of rotatable bonds is 7. The molecule has 1 amide bonds. The molecule has 30 heavy (non-hydrogen) atoms. The van der Waals surface area contributed by atoms with Crippen LogP contribution in [-0.4, -0.2) is 24.5 Å². The summed E-state index contributed by atoms with van der Waals surface area (Å²) in [6.45, 7) is 2.51. The molecule has 3 aromatic carbocycles. The zero-order valence-electron chi connectivity index (χ0n) is 17.3. The van der Waals surface area contributed by atoms with Crippen LogP contribution in [0.2, 0.25) is 0 Å². The summed E-state index contributed by atoms with van der Waals surface area (Å²) >= 11 is 1.70. The van der Waals surface area contributed by atoms with Gasteiger partial charge in [-0.15, -0.1) is 11.3 Å². The highest BCUT2D eigenvalue weighted by molar-refractivity contribution is 7.18. The number of aromatic nitrogens is 1. The molecule has 0 saturated heterocycles. The fraction of sp³-hybridized carbons (Fsp3) is 0.200. The van der Waals surface area contributed by atoms with Crippen LogP contribution in [0.4, 0.5) is 5.69 Å². The van der Waals surface area contributed by atoms with E-state index in [-0.39, 0.29) is 11.9 Å². The number of fused-ring (bicyclic) bond motifs is 1. The zero-order valence-corrected chi connectivity index (χ0v) is 18.1. The van der Waals surface area contributed by atoms with Crippen molar-refractivity contribution in [3.63, 3.8) is 0 Å². The average molecular weight is 417 g/mol. The molecule has 0 aliphatic rings. The van der Waals surface area contributed by atoms with Gasteiger partial charge in [0.2, 0.25) is 0 Å². The third kappa shape index (κ3) is 4.75. The Bertz CT molecular complexity index is 1110. The van der Waals surface area contributed by atoms with Crippen molar-refractivity contribution in [1.82, 2.24) is 4.98 Å². The van der Waals surface area contributed by atoms with E-state index in [1.54, 1.807) is 11.3 Å². The second-order valence-electron chi connectivity index (χ2n) is 7.63. The van der Waals surface area contributed by atoms with Crippen molar-refractivity contribution in [2.45, 2.75) is 19.4 Å². The van der Waals surface area contributed by atoms with Gasteiger partial charge in [-0.25, -0.2) is 4.98 Å². The number of thiazole rings is 1. The van der Waals surface area contributed by atoms with E-state index in [0.29, 0.717) is 6.54 Å². The van der Waals surface area contributed by atoms with Crippen molar-refractivity contribution in [2.24, 2.45) is 0 Å². The molecule has 0 saturated carbocycles. The first kappa shape index (κ1) is 20.3. The summed E-state index contributed by atoms with van der Waals surface area (Å²) in [4.78, 5) is 18.7. The monoisotopic (exact) mass is 416 g/mol. The second kappa shape index (κ2) is 9.20. The molecule has 0 radical (unpaired) electrons. The van der Waals surface area contributed by atoms with Gasteiger partial charge in [0, 0.05) is 5.69 Å². The summed E-state index contributed by atoms with van der Waals surface area (Å²) < 4.78 is 1.19. The van der Waals surface area contributed by atoms with Crippen LogP contribution >= 0.6 is 11.3 Å². The van der Waals surface area contributed by atoms with Crippen LogP contribution < -0.4 is 10.2 Å². The molecular weight excluding hydrogens is 390 g/mol. The van der Waals surface area contributed by atoms with Gasteiger partial charge in [-0.05, 0) is 42.7 Å². The molecule has 152 valence electrons. The van der Waals surface area contributed by atoms with E-state index >= 15 is 0 Å². The molecule has 2 atom stereocenters. The van der Waals surface area contributed by atoms with E-state index in [9.17, 15) is 4.79 Å². The molecule has 0 spiro atoms. The van der Waals surface area contributed by atoms with Crippen molar-refractivity contribution in [3.05, 3.63) is 95.0 Å². The number of benzene rings is 3. The lowest BCUT2D eigenvalue weighted by atomic mass is 10.0. The van der Waals surface area contributed by atoms with Crippen LogP contribution in [0.5, 0.6) is 0 Å². The molecule has 4 nitrogen and oxygen atoms in total. The molecule has 5 heteroatoms. The first-order valence-corrected chi connectivity index (χ1v) is 11.0. The molecule has 1 aromatic heterocycles. The van der Waals surface area contributed by atoms with Gasteiger partial charge in [-0.3, -0.25) is 4.79 Å². The van der Waals surface area contributed by atoms with Gasteiger partial charge >= 0.3 is 0 Å². The molecule has 4 rings (SSSR count). The molecule has 2 N–H and O–H groups in total. The van der Waals surface area contributed by atoms with E-state index in [2.05, 4.69) is 36.5 Å². The Labute approximate surface area is 181 Å². The molecule has 1 unspecified atom stereocenters. The smallest absolute Gasteiger partial charge is 0.279 e. The predicted octanol–water partition coefficient (Wildman–Crippen LogP) is 4.10. The van der Waals surface area contributed by atoms with E-state index < -0.39 is 0 Å². The summed E-state index contributed by atoms with van der Waals surface area (Å²) in [5.74, 6) is 0.0148. The number of quaternary nitrogens is 1. The summed E-state index contributed by atoms with van der Waals surface area (Å²) in [6.07, 6.45) is 0.794.